The number of hydrogen-bond acceptors (Lipinski definition) is 5. The van der Waals surface area contributed by atoms with E-state index in [1.807, 2.05) is 0 Å². The van der Waals surface area contributed by atoms with E-state index in [0.717, 1.165) is 35.8 Å². The molecule has 0 saturated heterocycles. The molecule has 1 aliphatic carbocycles. The van der Waals surface area contributed by atoms with Crippen LogP contribution in [-0.4, -0.2) is 60.7 Å². The molecule has 0 bridgehead atoms. The van der Waals surface area contributed by atoms with Crippen molar-refractivity contribution in [3.05, 3.63) is 97.0 Å². The minimum absolute atomic E-state index is 0.00912. The Hall–Kier alpha value is -3.97. The second-order valence-corrected chi connectivity index (χ2v) is 12.3. The summed E-state index contributed by atoms with van der Waals surface area (Å²) in [4.78, 5) is 43.0. The van der Waals surface area contributed by atoms with Gasteiger partial charge in [-0.1, -0.05) is 15.9 Å². The van der Waals surface area contributed by atoms with Crippen LogP contribution >= 0.6 is 15.9 Å². The number of fused-ring (bicyclic) bond motifs is 3. The highest BCUT2D eigenvalue weighted by atomic mass is 79.9. The largest absolute Gasteiger partial charge is 0.417 e. The normalized spacial score (nSPS) is 16.7. The highest BCUT2D eigenvalue weighted by molar-refractivity contribution is 9.10. The summed E-state index contributed by atoms with van der Waals surface area (Å²) in [6, 6.07) is 9.47. The molecule has 2 aromatic heterocycles. The van der Waals surface area contributed by atoms with E-state index in [0.29, 0.717) is 34.1 Å². The molecule has 44 heavy (non-hydrogen) atoms. The van der Waals surface area contributed by atoms with Gasteiger partial charge >= 0.3 is 6.18 Å². The zero-order valence-corrected chi connectivity index (χ0v) is 25.5. The Bertz CT molecular complexity index is 1850. The van der Waals surface area contributed by atoms with Crippen molar-refractivity contribution in [2.24, 2.45) is 5.92 Å². The first-order valence-electron chi connectivity index (χ1n) is 14.2. The van der Waals surface area contributed by atoms with Gasteiger partial charge in [0.25, 0.3) is 17.4 Å². The number of halogens is 4. The molecule has 2 amide bonds. The van der Waals surface area contributed by atoms with Gasteiger partial charge in [0.2, 0.25) is 0 Å². The standard InChI is InChI=1S/C31H29BrF3N5O4/c1-17-11-23-26(15-38(17)29(43)20-7-10-25(32)24(13-20)31(33,34)35)40-27(21(14-36-40)12-18-3-4-18)39(30(23)44)22-8-5-19(6-9-22)28(42)37(2)16-41/h5-10,13-14,17-18,41H,3-4,11-12,15-16H2,1-2H3. The molecule has 1 unspecified atom stereocenters. The third-order valence-electron chi connectivity index (χ3n) is 8.36. The molecule has 230 valence electrons. The number of aliphatic hydroxyl groups is 1. The first-order valence-corrected chi connectivity index (χ1v) is 15.0. The van der Waals surface area contributed by atoms with Gasteiger partial charge < -0.3 is 14.9 Å². The number of carbonyl (C=O) groups excluding carboxylic acids is 2. The number of aromatic nitrogens is 3. The Morgan fingerprint density at radius 2 is 1.80 bits per heavy atom. The van der Waals surface area contributed by atoms with Crippen LogP contribution in [0, 0.1) is 5.92 Å². The third kappa shape index (κ3) is 5.32. The number of benzene rings is 2. The van der Waals surface area contributed by atoms with Crippen LogP contribution in [0.1, 0.15) is 62.9 Å². The predicted molar refractivity (Wildman–Crippen MR) is 159 cm³/mol. The minimum Gasteiger partial charge on any atom is -0.376 e. The molecular weight excluding hydrogens is 643 g/mol. The van der Waals surface area contributed by atoms with E-state index in [9.17, 15) is 32.7 Å². The van der Waals surface area contributed by atoms with Gasteiger partial charge in [0, 0.05) is 39.8 Å². The second-order valence-electron chi connectivity index (χ2n) is 11.5. The van der Waals surface area contributed by atoms with Crippen molar-refractivity contribution in [1.29, 1.82) is 0 Å². The summed E-state index contributed by atoms with van der Waals surface area (Å²) in [5, 5.41) is 14.0. The van der Waals surface area contributed by atoms with E-state index >= 15 is 0 Å². The van der Waals surface area contributed by atoms with Crippen LogP contribution in [0.3, 0.4) is 0 Å². The van der Waals surface area contributed by atoms with Gasteiger partial charge in [0.05, 0.1) is 29.7 Å². The Kier molecular flexibility index (Phi) is 7.65. The first-order chi connectivity index (χ1) is 20.9. The number of nitrogens with zero attached hydrogens (tertiary/aromatic N) is 5. The zero-order chi connectivity index (χ0) is 31.5. The average Bonchev–Trinajstić information content (AvgIpc) is 3.73. The lowest BCUT2D eigenvalue weighted by Gasteiger charge is -2.35. The van der Waals surface area contributed by atoms with Crippen LogP contribution in [0.4, 0.5) is 13.2 Å². The van der Waals surface area contributed by atoms with Gasteiger partial charge in [0.1, 0.15) is 12.4 Å². The van der Waals surface area contributed by atoms with Gasteiger partial charge in [-0.15, -0.1) is 0 Å². The van der Waals surface area contributed by atoms with Crippen molar-refractivity contribution in [2.75, 3.05) is 13.8 Å². The molecule has 1 saturated carbocycles. The number of amides is 2. The molecule has 1 aliphatic heterocycles. The van der Waals surface area contributed by atoms with E-state index in [-0.39, 0.29) is 34.5 Å². The lowest BCUT2D eigenvalue weighted by atomic mass is 9.97. The van der Waals surface area contributed by atoms with E-state index in [1.165, 1.54) is 24.1 Å². The quantitative estimate of drug-likeness (QED) is 0.296. The zero-order valence-electron chi connectivity index (χ0n) is 23.9. The van der Waals surface area contributed by atoms with Crippen molar-refractivity contribution < 1.29 is 27.9 Å². The molecule has 6 rings (SSSR count). The summed E-state index contributed by atoms with van der Waals surface area (Å²) < 4.78 is 43.8. The van der Waals surface area contributed by atoms with Crippen molar-refractivity contribution in [1.82, 2.24) is 24.0 Å². The average molecular weight is 673 g/mol. The third-order valence-corrected chi connectivity index (χ3v) is 9.05. The topological polar surface area (TPSA) is 100 Å². The van der Waals surface area contributed by atoms with Crippen molar-refractivity contribution in [2.45, 2.75) is 51.4 Å². The van der Waals surface area contributed by atoms with Crippen LogP contribution in [0.15, 0.2) is 57.9 Å². The number of rotatable bonds is 6. The molecule has 1 atom stereocenters. The molecule has 3 heterocycles. The van der Waals surface area contributed by atoms with E-state index in [1.54, 1.807) is 46.5 Å². The van der Waals surface area contributed by atoms with Gasteiger partial charge in [-0.05, 0) is 81.0 Å². The Morgan fingerprint density at radius 3 is 2.43 bits per heavy atom. The summed E-state index contributed by atoms with van der Waals surface area (Å²) in [5.74, 6) is -0.459. The molecule has 4 aromatic rings. The van der Waals surface area contributed by atoms with Crippen LogP contribution in [0.2, 0.25) is 0 Å². The minimum atomic E-state index is -4.64. The molecule has 0 radical (unpaired) electrons. The molecule has 0 spiro atoms. The highest BCUT2D eigenvalue weighted by Gasteiger charge is 2.37. The summed E-state index contributed by atoms with van der Waals surface area (Å²) >= 11 is 2.93. The fourth-order valence-corrected chi connectivity index (χ4v) is 6.22. The molecule has 2 aromatic carbocycles. The Labute approximate surface area is 258 Å². The number of carbonyl (C=O) groups is 2. The Morgan fingerprint density at radius 1 is 1.11 bits per heavy atom. The smallest absolute Gasteiger partial charge is 0.376 e. The SMILES string of the molecule is CC1Cc2c(n3ncc(CC4CC4)c3n(-c3ccc(C(=O)N(C)CO)cc3)c2=O)CN1C(=O)c1ccc(Br)c(C(F)(F)F)c1. The molecule has 1 fully saturated rings. The Balaban J connectivity index is 1.44. The van der Waals surface area contributed by atoms with Gasteiger partial charge in [-0.2, -0.15) is 18.3 Å². The number of aliphatic hydroxyl groups excluding tert-OH is 1. The lowest BCUT2D eigenvalue weighted by Crippen LogP contribution is -2.46. The predicted octanol–water partition coefficient (Wildman–Crippen LogP) is 4.83. The van der Waals surface area contributed by atoms with Crippen molar-refractivity contribution >= 4 is 33.4 Å². The van der Waals surface area contributed by atoms with Gasteiger partial charge in [-0.25, -0.2) is 4.52 Å². The van der Waals surface area contributed by atoms with E-state index in [4.69, 9.17) is 0 Å². The first kappa shape index (κ1) is 30.1. The van der Waals surface area contributed by atoms with Crippen LogP contribution < -0.4 is 5.56 Å². The summed E-state index contributed by atoms with van der Waals surface area (Å²) in [6.07, 6.45) is 0.140. The molecule has 9 nitrogen and oxygen atoms in total. The molecule has 2 aliphatic rings. The van der Waals surface area contributed by atoms with Crippen LogP contribution in [-0.2, 0) is 25.6 Å². The molecular formula is C31H29BrF3N5O4. The maximum atomic E-state index is 14.2. The second kappa shape index (κ2) is 11.2. The number of alkyl halides is 3. The molecule has 1 N–H and O–H groups in total. The van der Waals surface area contributed by atoms with E-state index in [2.05, 4.69) is 21.0 Å². The van der Waals surface area contributed by atoms with Gasteiger partial charge in [0.15, 0.2) is 0 Å². The molecule has 13 heteroatoms. The van der Waals surface area contributed by atoms with E-state index < -0.39 is 30.4 Å². The summed E-state index contributed by atoms with van der Waals surface area (Å²) in [7, 11) is 1.48. The monoisotopic (exact) mass is 671 g/mol. The van der Waals surface area contributed by atoms with Crippen LogP contribution in [0.5, 0.6) is 0 Å². The van der Waals surface area contributed by atoms with Crippen molar-refractivity contribution in [3.63, 3.8) is 0 Å². The maximum Gasteiger partial charge on any atom is 0.417 e. The summed E-state index contributed by atoms with van der Waals surface area (Å²) in [6.45, 7) is 1.32. The fraction of sp³-hybridized carbons (Fsp3) is 0.355. The number of hydrogen-bond donors (Lipinski definition) is 1. The lowest BCUT2D eigenvalue weighted by molar-refractivity contribution is -0.138. The highest BCUT2D eigenvalue weighted by Crippen LogP contribution is 2.37. The maximum absolute atomic E-state index is 14.2. The van der Waals surface area contributed by atoms with Crippen molar-refractivity contribution in [3.8, 4) is 5.69 Å². The fourth-order valence-electron chi connectivity index (χ4n) is 5.75. The summed E-state index contributed by atoms with van der Waals surface area (Å²) in [5.41, 5.74) is 1.96. The van der Waals surface area contributed by atoms with Gasteiger partial charge in [-0.3, -0.25) is 19.0 Å². The van der Waals surface area contributed by atoms with Crippen LogP contribution in [0.25, 0.3) is 11.3 Å².